The van der Waals surface area contributed by atoms with E-state index in [0.29, 0.717) is 26.1 Å². The van der Waals surface area contributed by atoms with Crippen LogP contribution in [0.5, 0.6) is 0 Å². The maximum absolute atomic E-state index is 11.5. The average molecular weight is 250 g/mol. The van der Waals surface area contributed by atoms with Gasteiger partial charge in [-0.1, -0.05) is 0 Å². The highest BCUT2D eigenvalue weighted by molar-refractivity contribution is 7.89. The highest BCUT2D eigenvalue weighted by atomic mass is 32.2. The molecular formula is C10H22N2O3S. The van der Waals surface area contributed by atoms with Crippen molar-refractivity contribution in [3.63, 3.8) is 0 Å². The van der Waals surface area contributed by atoms with Crippen LogP contribution in [0.4, 0.5) is 0 Å². The molecule has 1 aliphatic rings. The number of hydrogen-bond acceptors (Lipinski definition) is 4. The quantitative estimate of drug-likeness (QED) is 0.607. The van der Waals surface area contributed by atoms with E-state index in [1.165, 1.54) is 0 Å². The Morgan fingerprint density at radius 2 is 2.12 bits per heavy atom. The van der Waals surface area contributed by atoms with E-state index in [9.17, 15) is 8.42 Å². The number of nitrogens with one attached hydrogen (secondary N) is 1. The standard InChI is InChI=1S/C10H22N2O3S/c1-15-7-5-10(3-4-10)9-12-16(13,14)8-2-6-11/h12H,2-9,11H2,1H3. The Labute approximate surface area is 97.8 Å². The van der Waals surface area contributed by atoms with E-state index in [1.54, 1.807) is 7.11 Å². The molecule has 0 aliphatic heterocycles. The second-order valence-electron chi connectivity index (χ2n) is 4.53. The molecule has 0 aromatic carbocycles. The predicted molar refractivity (Wildman–Crippen MR) is 63.6 cm³/mol. The normalized spacial score (nSPS) is 18.6. The van der Waals surface area contributed by atoms with Crippen molar-refractivity contribution in [2.24, 2.45) is 11.1 Å². The first-order chi connectivity index (χ1) is 7.54. The fraction of sp³-hybridized carbons (Fsp3) is 1.00. The van der Waals surface area contributed by atoms with Gasteiger partial charge in [-0.2, -0.15) is 0 Å². The summed E-state index contributed by atoms with van der Waals surface area (Å²) < 4.78 is 30.8. The van der Waals surface area contributed by atoms with Crippen LogP contribution in [0.2, 0.25) is 0 Å². The molecule has 1 fully saturated rings. The zero-order chi connectivity index (χ0) is 12.1. The Morgan fingerprint density at radius 1 is 1.44 bits per heavy atom. The number of rotatable bonds is 9. The Kier molecular flexibility index (Phi) is 5.17. The van der Waals surface area contributed by atoms with Crippen molar-refractivity contribution in [1.29, 1.82) is 0 Å². The van der Waals surface area contributed by atoms with E-state index in [4.69, 9.17) is 10.5 Å². The smallest absolute Gasteiger partial charge is 0.211 e. The van der Waals surface area contributed by atoms with Gasteiger partial charge >= 0.3 is 0 Å². The van der Waals surface area contributed by atoms with Crippen LogP contribution in [0.3, 0.4) is 0 Å². The minimum atomic E-state index is -3.13. The van der Waals surface area contributed by atoms with E-state index < -0.39 is 10.0 Å². The van der Waals surface area contributed by atoms with Gasteiger partial charge in [-0.05, 0) is 37.6 Å². The molecule has 0 aromatic rings. The molecule has 0 unspecified atom stereocenters. The third kappa shape index (κ3) is 4.78. The molecule has 1 saturated carbocycles. The van der Waals surface area contributed by atoms with Crippen LogP contribution in [0.1, 0.15) is 25.7 Å². The summed E-state index contributed by atoms with van der Waals surface area (Å²) in [6.45, 7) is 1.66. The van der Waals surface area contributed by atoms with Crippen LogP contribution in [0, 0.1) is 5.41 Å². The van der Waals surface area contributed by atoms with Crippen LogP contribution >= 0.6 is 0 Å². The van der Waals surface area contributed by atoms with Crippen molar-refractivity contribution in [3.8, 4) is 0 Å². The molecule has 3 N–H and O–H groups in total. The molecular weight excluding hydrogens is 228 g/mol. The Morgan fingerprint density at radius 3 is 2.62 bits per heavy atom. The van der Waals surface area contributed by atoms with Gasteiger partial charge in [0.05, 0.1) is 5.75 Å². The number of ether oxygens (including phenoxy) is 1. The average Bonchev–Trinajstić information content (AvgIpc) is 3.02. The monoisotopic (exact) mass is 250 g/mol. The van der Waals surface area contributed by atoms with Crippen LogP contribution in [0.15, 0.2) is 0 Å². The van der Waals surface area contributed by atoms with E-state index in [1.807, 2.05) is 0 Å². The number of sulfonamides is 1. The zero-order valence-electron chi connectivity index (χ0n) is 9.87. The zero-order valence-corrected chi connectivity index (χ0v) is 10.7. The third-order valence-corrected chi connectivity index (χ3v) is 4.49. The van der Waals surface area contributed by atoms with Gasteiger partial charge in [-0.15, -0.1) is 0 Å². The number of nitrogens with two attached hydrogens (primary N) is 1. The summed E-state index contributed by atoms with van der Waals surface area (Å²) in [6.07, 6.45) is 3.63. The summed E-state index contributed by atoms with van der Waals surface area (Å²) in [6, 6.07) is 0. The molecule has 0 spiro atoms. The fourth-order valence-electron chi connectivity index (χ4n) is 1.62. The largest absolute Gasteiger partial charge is 0.385 e. The molecule has 1 rings (SSSR count). The highest BCUT2D eigenvalue weighted by Gasteiger charge is 2.42. The molecule has 1 aliphatic carbocycles. The van der Waals surface area contributed by atoms with Crippen molar-refractivity contribution in [1.82, 2.24) is 4.72 Å². The summed E-state index contributed by atoms with van der Waals surface area (Å²) >= 11 is 0. The Hall–Kier alpha value is -0.170. The lowest BCUT2D eigenvalue weighted by Crippen LogP contribution is -2.33. The highest BCUT2D eigenvalue weighted by Crippen LogP contribution is 2.48. The molecule has 0 aromatic heterocycles. The van der Waals surface area contributed by atoms with Gasteiger partial charge in [0.15, 0.2) is 0 Å². The maximum atomic E-state index is 11.5. The van der Waals surface area contributed by atoms with Gasteiger partial charge in [-0.25, -0.2) is 13.1 Å². The topological polar surface area (TPSA) is 81.4 Å². The molecule has 0 atom stereocenters. The van der Waals surface area contributed by atoms with Gasteiger partial charge < -0.3 is 10.5 Å². The number of methoxy groups -OCH3 is 1. The van der Waals surface area contributed by atoms with E-state index in [0.717, 1.165) is 19.3 Å². The summed E-state index contributed by atoms with van der Waals surface area (Å²) in [5, 5.41) is 0. The lowest BCUT2D eigenvalue weighted by molar-refractivity contribution is 0.173. The van der Waals surface area contributed by atoms with Gasteiger partial charge in [0.25, 0.3) is 0 Å². The molecule has 0 bridgehead atoms. The fourth-order valence-corrected chi connectivity index (χ4v) is 2.84. The van der Waals surface area contributed by atoms with Crippen molar-refractivity contribution < 1.29 is 13.2 Å². The minimum Gasteiger partial charge on any atom is -0.385 e. The van der Waals surface area contributed by atoms with Gasteiger partial charge in [0.2, 0.25) is 10.0 Å². The molecule has 16 heavy (non-hydrogen) atoms. The molecule has 0 amide bonds. The van der Waals surface area contributed by atoms with Gasteiger partial charge in [0.1, 0.15) is 0 Å². The van der Waals surface area contributed by atoms with Crippen LogP contribution < -0.4 is 10.5 Å². The summed E-state index contributed by atoms with van der Waals surface area (Å²) in [5.41, 5.74) is 5.45. The van der Waals surface area contributed by atoms with E-state index in [-0.39, 0.29) is 11.2 Å². The van der Waals surface area contributed by atoms with Crippen LogP contribution in [-0.2, 0) is 14.8 Å². The molecule has 0 heterocycles. The van der Waals surface area contributed by atoms with Crippen molar-refractivity contribution >= 4 is 10.0 Å². The van der Waals surface area contributed by atoms with Crippen molar-refractivity contribution in [3.05, 3.63) is 0 Å². The lowest BCUT2D eigenvalue weighted by Gasteiger charge is -2.15. The van der Waals surface area contributed by atoms with E-state index >= 15 is 0 Å². The first kappa shape index (κ1) is 13.9. The second-order valence-corrected chi connectivity index (χ2v) is 6.45. The second kappa shape index (κ2) is 5.95. The first-order valence-electron chi connectivity index (χ1n) is 5.70. The molecule has 0 radical (unpaired) electrons. The first-order valence-corrected chi connectivity index (χ1v) is 7.35. The maximum Gasteiger partial charge on any atom is 0.211 e. The summed E-state index contributed by atoms with van der Waals surface area (Å²) in [5.74, 6) is 0.129. The Balaban J connectivity index is 2.28. The van der Waals surface area contributed by atoms with Crippen LogP contribution in [0.25, 0.3) is 0 Å². The van der Waals surface area contributed by atoms with E-state index in [2.05, 4.69) is 4.72 Å². The SMILES string of the molecule is COCCC1(CNS(=O)(=O)CCCN)CC1. The summed E-state index contributed by atoms with van der Waals surface area (Å²) in [7, 11) is -1.46. The van der Waals surface area contributed by atoms with Gasteiger partial charge in [0, 0.05) is 20.3 Å². The predicted octanol–water partition coefficient (Wildman–Crippen LogP) is 0.0713. The third-order valence-electron chi connectivity index (χ3n) is 3.08. The molecule has 0 saturated heterocycles. The molecule has 6 heteroatoms. The minimum absolute atomic E-state index is 0.129. The number of hydrogen-bond donors (Lipinski definition) is 2. The van der Waals surface area contributed by atoms with Crippen molar-refractivity contribution in [2.45, 2.75) is 25.7 Å². The molecule has 96 valence electrons. The lowest BCUT2D eigenvalue weighted by atomic mass is 10.0. The van der Waals surface area contributed by atoms with Crippen LogP contribution in [-0.4, -0.2) is 41.0 Å². The van der Waals surface area contributed by atoms with Gasteiger partial charge in [-0.3, -0.25) is 0 Å². The Bertz CT molecular complexity index is 299. The summed E-state index contributed by atoms with van der Waals surface area (Å²) in [4.78, 5) is 0. The molecule has 5 nitrogen and oxygen atoms in total. The van der Waals surface area contributed by atoms with Crippen molar-refractivity contribution in [2.75, 3.05) is 32.6 Å².